The van der Waals surface area contributed by atoms with Crippen molar-refractivity contribution in [2.75, 3.05) is 7.05 Å². The Morgan fingerprint density at radius 2 is 2.00 bits per heavy atom. The fourth-order valence-corrected chi connectivity index (χ4v) is 1.07. The zero-order chi connectivity index (χ0) is 13.5. The van der Waals surface area contributed by atoms with Crippen LogP contribution in [0.5, 0.6) is 0 Å². The lowest BCUT2D eigenvalue weighted by Crippen LogP contribution is -2.14. The zero-order valence-corrected chi connectivity index (χ0v) is 9.95. The minimum absolute atomic E-state index is 0.00780. The summed E-state index contributed by atoms with van der Waals surface area (Å²) < 4.78 is 0. The second kappa shape index (κ2) is 6.24. The van der Waals surface area contributed by atoms with Crippen molar-refractivity contribution in [3.63, 3.8) is 0 Å². The Bertz CT molecular complexity index is 506. The molecule has 94 valence electrons. The predicted molar refractivity (Wildman–Crippen MR) is 65.4 cm³/mol. The summed E-state index contributed by atoms with van der Waals surface area (Å²) in [6.07, 6.45) is 1.30. The number of nitrogens with one attached hydrogen (secondary N) is 1. The average molecular weight is 248 g/mol. The molecule has 7 nitrogen and oxygen atoms in total. The first kappa shape index (κ1) is 13.5. The standard InChI is InChI=1S/C11H12N4O3/c1-8(7-11(16)12-2)13-14-9-3-5-10(6-4-9)15(17)18/h3-7H,1-2H3,(H,12,16)/b8-7+,14-13?. The number of amides is 1. The first-order chi connectivity index (χ1) is 8.52. The van der Waals surface area contributed by atoms with E-state index in [2.05, 4.69) is 15.5 Å². The maximum atomic E-state index is 11.0. The summed E-state index contributed by atoms with van der Waals surface area (Å²) in [6.45, 7) is 1.63. The van der Waals surface area contributed by atoms with Crippen LogP contribution in [0, 0.1) is 10.1 Å². The second-order valence-electron chi connectivity index (χ2n) is 3.37. The molecular weight excluding hydrogens is 236 g/mol. The first-order valence-electron chi connectivity index (χ1n) is 5.09. The fraction of sp³-hybridized carbons (Fsp3) is 0.182. The smallest absolute Gasteiger partial charge is 0.269 e. The molecular formula is C11H12N4O3. The van der Waals surface area contributed by atoms with Gasteiger partial charge in [-0.05, 0) is 19.1 Å². The third-order valence-corrected chi connectivity index (χ3v) is 1.97. The third-order valence-electron chi connectivity index (χ3n) is 1.97. The molecule has 1 aromatic carbocycles. The van der Waals surface area contributed by atoms with Gasteiger partial charge in [0, 0.05) is 25.3 Å². The summed E-state index contributed by atoms with van der Waals surface area (Å²) in [5.74, 6) is -0.268. The molecule has 0 heterocycles. The molecule has 0 fully saturated rings. The fourth-order valence-electron chi connectivity index (χ4n) is 1.07. The SMILES string of the molecule is CNC(=O)/C=C(\C)N=Nc1ccc([N+](=O)[O-])cc1. The average Bonchev–Trinajstić information content (AvgIpc) is 2.36. The Morgan fingerprint density at radius 1 is 1.39 bits per heavy atom. The molecule has 1 amide bonds. The molecule has 0 aliphatic heterocycles. The lowest BCUT2D eigenvalue weighted by Gasteiger charge is -1.94. The quantitative estimate of drug-likeness (QED) is 0.383. The number of allylic oxidation sites excluding steroid dienone is 1. The predicted octanol–water partition coefficient (Wildman–Crippen LogP) is 2.33. The van der Waals surface area contributed by atoms with Crippen molar-refractivity contribution in [2.24, 2.45) is 10.2 Å². The lowest BCUT2D eigenvalue weighted by molar-refractivity contribution is -0.384. The summed E-state index contributed by atoms with van der Waals surface area (Å²) in [6, 6.07) is 5.64. The normalized spacial score (nSPS) is 11.6. The van der Waals surface area contributed by atoms with E-state index >= 15 is 0 Å². The highest BCUT2D eigenvalue weighted by Crippen LogP contribution is 2.18. The van der Waals surface area contributed by atoms with Gasteiger partial charge < -0.3 is 5.32 Å². The van der Waals surface area contributed by atoms with Crippen molar-refractivity contribution in [3.8, 4) is 0 Å². The molecule has 0 spiro atoms. The number of non-ortho nitro benzene ring substituents is 1. The van der Waals surface area contributed by atoms with Crippen molar-refractivity contribution >= 4 is 17.3 Å². The van der Waals surface area contributed by atoms with Crippen LogP contribution in [-0.2, 0) is 4.79 Å². The van der Waals surface area contributed by atoms with Gasteiger partial charge in [0.1, 0.15) is 0 Å². The molecule has 0 aliphatic rings. The van der Waals surface area contributed by atoms with Gasteiger partial charge in [-0.3, -0.25) is 14.9 Å². The molecule has 0 aromatic heterocycles. The molecule has 0 saturated carbocycles. The molecule has 0 aliphatic carbocycles. The van der Waals surface area contributed by atoms with E-state index in [0.29, 0.717) is 11.4 Å². The third kappa shape index (κ3) is 4.12. The minimum atomic E-state index is -0.488. The Morgan fingerprint density at radius 3 is 2.50 bits per heavy atom. The highest BCUT2D eigenvalue weighted by molar-refractivity contribution is 5.87. The second-order valence-corrected chi connectivity index (χ2v) is 3.37. The first-order valence-corrected chi connectivity index (χ1v) is 5.09. The number of hydrogen-bond donors (Lipinski definition) is 1. The van der Waals surface area contributed by atoms with Crippen molar-refractivity contribution in [1.29, 1.82) is 0 Å². The van der Waals surface area contributed by atoms with E-state index in [1.807, 2.05) is 0 Å². The van der Waals surface area contributed by atoms with Crippen molar-refractivity contribution in [2.45, 2.75) is 6.92 Å². The highest BCUT2D eigenvalue weighted by Gasteiger charge is 2.03. The van der Waals surface area contributed by atoms with Crippen LogP contribution in [0.15, 0.2) is 46.3 Å². The number of nitro groups is 1. The van der Waals surface area contributed by atoms with Crippen molar-refractivity contribution in [1.82, 2.24) is 5.32 Å². The lowest BCUT2D eigenvalue weighted by atomic mass is 10.3. The number of carbonyl (C=O) groups is 1. The Kier molecular flexibility index (Phi) is 4.67. The van der Waals surface area contributed by atoms with Gasteiger partial charge in [-0.25, -0.2) is 0 Å². The van der Waals surface area contributed by atoms with E-state index < -0.39 is 4.92 Å². The van der Waals surface area contributed by atoms with E-state index in [1.54, 1.807) is 6.92 Å². The van der Waals surface area contributed by atoms with Gasteiger partial charge in [-0.1, -0.05) is 0 Å². The zero-order valence-electron chi connectivity index (χ0n) is 9.95. The van der Waals surface area contributed by atoms with Crippen molar-refractivity contribution < 1.29 is 9.72 Å². The van der Waals surface area contributed by atoms with E-state index in [9.17, 15) is 14.9 Å². The van der Waals surface area contributed by atoms with Crippen molar-refractivity contribution in [3.05, 3.63) is 46.2 Å². The van der Waals surface area contributed by atoms with Gasteiger partial charge in [0.25, 0.3) is 5.69 Å². The minimum Gasteiger partial charge on any atom is -0.356 e. The number of likely N-dealkylation sites (N-methyl/N-ethyl adjacent to an activating group) is 1. The molecule has 18 heavy (non-hydrogen) atoms. The van der Waals surface area contributed by atoms with E-state index in [4.69, 9.17) is 0 Å². The van der Waals surface area contributed by atoms with Crippen LogP contribution in [0.3, 0.4) is 0 Å². The Labute approximate surface area is 103 Å². The molecule has 0 atom stereocenters. The summed E-state index contributed by atoms with van der Waals surface area (Å²) in [4.78, 5) is 20.9. The largest absolute Gasteiger partial charge is 0.356 e. The van der Waals surface area contributed by atoms with Gasteiger partial charge in [-0.2, -0.15) is 10.2 Å². The van der Waals surface area contributed by atoms with Crippen LogP contribution in [0.2, 0.25) is 0 Å². The van der Waals surface area contributed by atoms with Gasteiger partial charge in [0.05, 0.1) is 16.3 Å². The summed E-state index contributed by atoms with van der Waals surface area (Å²) in [7, 11) is 1.51. The molecule has 0 saturated heterocycles. The van der Waals surface area contributed by atoms with E-state index in [1.165, 1.54) is 37.4 Å². The molecule has 0 bridgehead atoms. The Balaban J connectivity index is 2.76. The molecule has 7 heteroatoms. The molecule has 0 unspecified atom stereocenters. The van der Waals surface area contributed by atoms with Crippen LogP contribution < -0.4 is 5.32 Å². The molecule has 1 aromatic rings. The summed E-state index contributed by atoms with van der Waals surface area (Å²) in [5, 5.41) is 20.5. The van der Waals surface area contributed by atoms with Gasteiger partial charge in [0.2, 0.25) is 5.91 Å². The van der Waals surface area contributed by atoms with Gasteiger partial charge in [-0.15, -0.1) is 0 Å². The maximum absolute atomic E-state index is 11.0. The Hall–Kier alpha value is -2.57. The van der Waals surface area contributed by atoms with Crippen LogP contribution in [0.1, 0.15) is 6.92 Å². The van der Waals surface area contributed by atoms with Crippen LogP contribution in [0.4, 0.5) is 11.4 Å². The number of hydrogen-bond acceptors (Lipinski definition) is 5. The maximum Gasteiger partial charge on any atom is 0.269 e. The summed E-state index contributed by atoms with van der Waals surface area (Å²) in [5.41, 5.74) is 0.907. The number of nitro benzene ring substituents is 1. The number of azo groups is 1. The highest BCUT2D eigenvalue weighted by atomic mass is 16.6. The van der Waals surface area contributed by atoms with Crippen LogP contribution in [-0.4, -0.2) is 17.9 Å². The van der Waals surface area contributed by atoms with Crippen LogP contribution >= 0.6 is 0 Å². The topological polar surface area (TPSA) is 97.0 Å². The van der Waals surface area contributed by atoms with Crippen LogP contribution in [0.25, 0.3) is 0 Å². The van der Waals surface area contributed by atoms with E-state index in [0.717, 1.165) is 0 Å². The summed E-state index contributed by atoms with van der Waals surface area (Å²) >= 11 is 0. The number of carbonyl (C=O) groups excluding carboxylic acids is 1. The molecule has 1 N–H and O–H groups in total. The van der Waals surface area contributed by atoms with Gasteiger partial charge >= 0.3 is 0 Å². The molecule has 0 radical (unpaired) electrons. The van der Waals surface area contributed by atoms with E-state index in [-0.39, 0.29) is 11.6 Å². The number of nitrogens with zero attached hydrogens (tertiary/aromatic N) is 3. The monoisotopic (exact) mass is 248 g/mol. The molecule has 1 rings (SSSR count). The van der Waals surface area contributed by atoms with Gasteiger partial charge in [0.15, 0.2) is 0 Å². The number of benzene rings is 1. The number of rotatable bonds is 4.